The molecule has 2 rings (SSSR count). The monoisotopic (exact) mass is 232 g/mol. The molecule has 0 spiro atoms. The predicted octanol–water partition coefficient (Wildman–Crippen LogP) is 3.18. The summed E-state index contributed by atoms with van der Waals surface area (Å²) in [4.78, 5) is 4.39. The predicted molar refractivity (Wildman–Crippen MR) is 72.0 cm³/mol. The first-order valence-electron chi connectivity index (χ1n) is 7.01. The summed E-state index contributed by atoms with van der Waals surface area (Å²) >= 11 is 0. The van der Waals surface area contributed by atoms with Crippen molar-refractivity contribution in [1.29, 1.82) is 0 Å². The topological polar surface area (TPSA) is 24.9 Å². The zero-order chi connectivity index (χ0) is 11.9. The number of aromatic nitrogens is 1. The molecule has 94 valence electrons. The van der Waals surface area contributed by atoms with Crippen LogP contribution < -0.4 is 5.32 Å². The molecule has 0 aliphatic heterocycles. The Morgan fingerprint density at radius 3 is 2.88 bits per heavy atom. The summed E-state index contributed by atoms with van der Waals surface area (Å²) in [5, 5.41) is 3.61. The molecule has 1 fully saturated rings. The van der Waals surface area contributed by atoms with Crippen molar-refractivity contribution in [3.05, 3.63) is 30.1 Å². The average molecular weight is 232 g/mol. The van der Waals surface area contributed by atoms with E-state index < -0.39 is 0 Å². The summed E-state index contributed by atoms with van der Waals surface area (Å²) < 4.78 is 0. The van der Waals surface area contributed by atoms with E-state index in [9.17, 15) is 0 Å². The summed E-state index contributed by atoms with van der Waals surface area (Å²) in [5.74, 6) is 1.05. The third-order valence-electron chi connectivity index (χ3n) is 3.59. The van der Waals surface area contributed by atoms with Gasteiger partial charge in [-0.15, -0.1) is 0 Å². The van der Waals surface area contributed by atoms with Gasteiger partial charge in [0.05, 0.1) is 0 Å². The third-order valence-corrected chi connectivity index (χ3v) is 3.59. The fourth-order valence-corrected chi connectivity index (χ4v) is 2.35. The highest BCUT2D eigenvalue weighted by Crippen LogP contribution is 2.34. The van der Waals surface area contributed by atoms with Gasteiger partial charge in [-0.25, -0.2) is 0 Å². The van der Waals surface area contributed by atoms with Crippen molar-refractivity contribution in [2.24, 2.45) is 5.92 Å². The highest BCUT2D eigenvalue weighted by atomic mass is 14.9. The molecule has 1 aromatic rings. The van der Waals surface area contributed by atoms with Crippen molar-refractivity contribution in [1.82, 2.24) is 10.3 Å². The number of rotatable bonds is 8. The van der Waals surface area contributed by atoms with Crippen LogP contribution in [0.5, 0.6) is 0 Å². The van der Waals surface area contributed by atoms with Gasteiger partial charge in [-0.1, -0.05) is 25.8 Å². The zero-order valence-corrected chi connectivity index (χ0v) is 10.9. The smallest absolute Gasteiger partial charge is 0.0404 e. The molecule has 0 radical (unpaired) electrons. The van der Waals surface area contributed by atoms with Crippen molar-refractivity contribution < 1.29 is 0 Å². The fraction of sp³-hybridized carbons (Fsp3) is 0.667. The van der Waals surface area contributed by atoms with Gasteiger partial charge in [0, 0.05) is 17.9 Å². The van der Waals surface area contributed by atoms with Crippen LogP contribution in [0.25, 0.3) is 0 Å². The Morgan fingerprint density at radius 1 is 1.35 bits per heavy atom. The van der Waals surface area contributed by atoms with Crippen LogP contribution in [-0.2, 0) is 6.42 Å². The van der Waals surface area contributed by atoms with Gasteiger partial charge in [-0.2, -0.15) is 0 Å². The molecule has 1 aromatic heterocycles. The molecule has 0 aromatic carbocycles. The van der Waals surface area contributed by atoms with Crippen LogP contribution in [0.15, 0.2) is 24.4 Å². The maximum atomic E-state index is 4.39. The van der Waals surface area contributed by atoms with Crippen LogP contribution in [0.2, 0.25) is 0 Å². The maximum absolute atomic E-state index is 4.39. The molecule has 1 N–H and O–H groups in total. The lowest BCUT2D eigenvalue weighted by Gasteiger charge is -2.17. The number of hydrogen-bond donors (Lipinski definition) is 1. The van der Waals surface area contributed by atoms with E-state index in [1.807, 2.05) is 12.3 Å². The minimum Gasteiger partial charge on any atom is -0.314 e. The lowest BCUT2D eigenvalue weighted by atomic mass is 10.0. The molecule has 2 heteroatoms. The normalized spacial score (nSPS) is 17.0. The van der Waals surface area contributed by atoms with Crippen LogP contribution in [-0.4, -0.2) is 17.6 Å². The van der Waals surface area contributed by atoms with E-state index in [4.69, 9.17) is 0 Å². The Balaban J connectivity index is 1.71. The number of nitrogens with one attached hydrogen (secondary N) is 1. The molecule has 0 amide bonds. The highest BCUT2D eigenvalue weighted by Gasteiger charge is 2.22. The number of nitrogens with zero attached hydrogens (tertiary/aromatic N) is 1. The minimum atomic E-state index is 0.683. The zero-order valence-electron chi connectivity index (χ0n) is 10.9. The summed E-state index contributed by atoms with van der Waals surface area (Å²) in [6.45, 7) is 3.28. The molecular formula is C15H24N2. The molecule has 17 heavy (non-hydrogen) atoms. The Bertz CT molecular complexity index is 306. The Kier molecular flexibility index (Phi) is 4.99. The Morgan fingerprint density at radius 2 is 2.24 bits per heavy atom. The molecule has 1 heterocycles. The number of aryl methyl sites for hydroxylation is 1. The number of hydrogen-bond acceptors (Lipinski definition) is 2. The molecule has 1 unspecified atom stereocenters. The van der Waals surface area contributed by atoms with Gasteiger partial charge in [0.1, 0.15) is 0 Å². The fourth-order valence-electron chi connectivity index (χ4n) is 2.35. The maximum Gasteiger partial charge on any atom is 0.0404 e. The van der Waals surface area contributed by atoms with Gasteiger partial charge in [0.25, 0.3) is 0 Å². The number of pyridine rings is 1. The van der Waals surface area contributed by atoms with Crippen LogP contribution in [0, 0.1) is 5.92 Å². The van der Waals surface area contributed by atoms with Gasteiger partial charge in [0.15, 0.2) is 0 Å². The molecule has 1 saturated carbocycles. The van der Waals surface area contributed by atoms with Gasteiger partial charge in [-0.05, 0) is 50.3 Å². The second-order valence-corrected chi connectivity index (χ2v) is 5.14. The molecule has 1 aliphatic carbocycles. The second-order valence-electron chi connectivity index (χ2n) is 5.14. The van der Waals surface area contributed by atoms with E-state index in [-0.39, 0.29) is 0 Å². The van der Waals surface area contributed by atoms with Crippen LogP contribution in [0.1, 0.15) is 44.7 Å². The summed E-state index contributed by atoms with van der Waals surface area (Å²) in [5.41, 5.74) is 1.22. The van der Waals surface area contributed by atoms with Gasteiger partial charge >= 0.3 is 0 Å². The molecule has 1 atom stereocenters. The van der Waals surface area contributed by atoms with Gasteiger partial charge < -0.3 is 5.32 Å². The largest absolute Gasteiger partial charge is 0.314 e. The van der Waals surface area contributed by atoms with E-state index in [1.54, 1.807) is 0 Å². The standard InChI is InChI=1S/C15H24N2/c1-2-16-15(9-8-13-6-7-13)11-10-14-5-3-4-12-17-14/h3-5,12-13,15-16H,2,6-11H2,1H3. The lowest BCUT2D eigenvalue weighted by Crippen LogP contribution is -2.29. The molecule has 1 aliphatic rings. The van der Waals surface area contributed by atoms with E-state index in [1.165, 1.54) is 37.8 Å². The van der Waals surface area contributed by atoms with E-state index >= 15 is 0 Å². The first kappa shape index (κ1) is 12.6. The van der Waals surface area contributed by atoms with E-state index in [0.29, 0.717) is 6.04 Å². The van der Waals surface area contributed by atoms with Crippen molar-refractivity contribution in [3.8, 4) is 0 Å². The SMILES string of the molecule is CCNC(CCc1ccccn1)CCC1CC1. The van der Waals surface area contributed by atoms with Crippen molar-refractivity contribution in [2.75, 3.05) is 6.54 Å². The quantitative estimate of drug-likeness (QED) is 0.744. The molecule has 2 nitrogen and oxygen atoms in total. The van der Waals surface area contributed by atoms with Gasteiger partial charge in [-0.3, -0.25) is 4.98 Å². The minimum absolute atomic E-state index is 0.683. The molecule has 0 bridgehead atoms. The first-order valence-corrected chi connectivity index (χ1v) is 7.01. The first-order chi connectivity index (χ1) is 8.38. The van der Waals surface area contributed by atoms with Crippen LogP contribution in [0.3, 0.4) is 0 Å². The van der Waals surface area contributed by atoms with Crippen LogP contribution >= 0.6 is 0 Å². The summed E-state index contributed by atoms with van der Waals surface area (Å²) in [6, 6.07) is 6.87. The average Bonchev–Trinajstić information content (AvgIpc) is 3.18. The summed E-state index contributed by atoms with van der Waals surface area (Å²) in [7, 11) is 0. The van der Waals surface area contributed by atoms with E-state index in [0.717, 1.165) is 18.9 Å². The Labute approximate surface area is 105 Å². The van der Waals surface area contributed by atoms with Crippen molar-refractivity contribution >= 4 is 0 Å². The summed E-state index contributed by atoms with van der Waals surface area (Å²) in [6.07, 6.45) is 9.91. The highest BCUT2D eigenvalue weighted by molar-refractivity contribution is 5.03. The van der Waals surface area contributed by atoms with Gasteiger partial charge in [0.2, 0.25) is 0 Å². The van der Waals surface area contributed by atoms with Crippen molar-refractivity contribution in [3.63, 3.8) is 0 Å². The van der Waals surface area contributed by atoms with Crippen LogP contribution in [0.4, 0.5) is 0 Å². The molecule has 0 saturated heterocycles. The Hall–Kier alpha value is -0.890. The molecular weight excluding hydrogens is 208 g/mol. The lowest BCUT2D eigenvalue weighted by molar-refractivity contribution is 0.439. The van der Waals surface area contributed by atoms with Crippen molar-refractivity contribution in [2.45, 2.75) is 51.5 Å². The second kappa shape index (κ2) is 6.75. The third kappa shape index (κ3) is 4.86. The van der Waals surface area contributed by atoms with E-state index in [2.05, 4.69) is 29.4 Å².